The Balaban J connectivity index is 2.81. The molecule has 0 amide bonds. The van der Waals surface area contributed by atoms with Crippen molar-refractivity contribution in [3.8, 4) is 0 Å². The second-order valence-electron chi connectivity index (χ2n) is 3.93. The quantitative estimate of drug-likeness (QED) is 0.745. The molecule has 0 unspecified atom stereocenters. The molecule has 0 saturated carbocycles. The molecular weight excluding hydrogens is 204 g/mol. The van der Waals surface area contributed by atoms with Crippen molar-refractivity contribution >= 4 is 5.97 Å². The summed E-state index contributed by atoms with van der Waals surface area (Å²) >= 11 is 0. The van der Waals surface area contributed by atoms with E-state index in [1.54, 1.807) is 6.92 Å². The highest BCUT2D eigenvalue weighted by Crippen LogP contribution is 2.17. The minimum atomic E-state index is -1.00. The largest absolute Gasteiger partial charge is 0.481 e. The van der Waals surface area contributed by atoms with Crippen LogP contribution in [-0.2, 0) is 11.2 Å². The van der Waals surface area contributed by atoms with Crippen molar-refractivity contribution in [3.05, 3.63) is 48.0 Å². The number of aliphatic hydroxyl groups excluding tert-OH is 1. The van der Waals surface area contributed by atoms with Crippen LogP contribution in [0, 0.1) is 5.92 Å². The van der Waals surface area contributed by atoms with E-state index in [2.05, 4.69) is 6.58 Å². The van der Waals surface area contributed by atoms with E-state index in [-0.39, 0.29) is 0 Å². The van der Waals surface area contributed by atoms with Crippen LogP contribution in [0.15, 0.2) is 42.5 Å². The zero-order valence-electron chi connectivity index (χ0n) is 9.26. The van der Waals surface area contributed by atoms with E-state index in [4.69, 9.17) is 5.11 Å². The maximum absolute atomic E-state index is 11.0. The first-order valence-corrected chi connectivity index (χ1v) is 5.12. The van der Waals surface area contributed by atoms with Gasteiger partial charge in [0, 0.05) is 0 Å². The number of carboxylic acid groups (broad SMARTS) is 1. The molecule has 2 N–H and O–H groups in total. The summed E-state index contributed by atoms with van der Waals surface area (Å²) in [5.74, 6) is -1.83. The standard InChI is InChI=1S/C13H16O3/c1-9(2)12(14)11(13(15)16)8-10-6-4-3-5-7-10/h3-7,11-12,14H,1,8H2,2H3,(H,15,16)/t11-,12-/m0/s1. The summed E-state index contributed by atoms with van der Waals surface area (Å²) in [6.45, 7) is 5.22. The summed E-state index contributed by atoms with van der Waals surface area (Å²) in [5.41, 5.74) is 1.37. The lowest BCUT2D eigenvalue weighted by Gasteiger charge is -2.19. The second kappa shape index (κ2) is 5.47. The molecule has 2 atom stereocenters. The van der Waals surface area contributed by atoms with Gasteiger partial charge in [-0.05, 0) is 18.9 Å². The van der Waals surface area contributed by atoms with Crippen molar-refractivity contribution in [3.63, 3.8) is 0 Å². The first kappa shape index (κ1) is 12.5. The van der Waals surface area contributed by atoms with Gasteiger partial charge in [-0.3, -0.25) is 4.79 Å². The molecule has 1 rings (SSSR count). The Morgan fingerprint density at radius 1 is 1.38 bits per heavy atom. The van der Waals surface area contributed by atoms with Gasteiger partial charge in [0.05, 0.1) is 12.0 Å². The first-order chi connectivity index (χ1) is 7.52. The molecule has 3 nitrogen and oxygen atoms in total. The van der Waals surface area contributed by atoms with Crippen LogP contribution in [0.2, 0.25) is 0 Å². The molecule has 0 aliphatic rings. The third-order valence-corrected chi connectivity index (χ3v) is 2.50. The third kappa shape index (κ3) is 3.21. The highest BCUT2D eigenvalue weighted by Gasteiger charge is 2.26. The number of carbonyl (C=O) groups is 1. The Morgan fingerprint density at radius 3 is 2.38 bits per heavy atom. The number of benzene rings is 1. The summed E-state index contributed by atoms with van der Waals surface area (Å²) in [5, 5.41) is 18.8. The monoisotopic (exact) mass is 220 g/mol. The number of hydrogen-bond donors (Lipinski definition) is 2. The molecule has 0 aliphatic heterocycles. The lowest BCUT2D eigenvalue weighted by Crippen LogP contribution is -2.30. The van der Waals surface area contributed by atoms with Crippen molar-refractivity contribution in [2.24, 2.45) is 5.92 Å². The van der Waals surface area contributed by atoms with Gasteiger partial charge in [-0.25, -0.2) is 0 Å². The van der Waals surface area contributed by atoms with Crippen molar-refractivity contribution in [2.75, 3.05) is 0 Å². The van der Waals surface area contributed by atoms with Crippen molar-refractivity contribution in [1.82, 2.24) is 0 Å². The molecule has 16 heavy (non-hydrogen) atoms. The molecule has 0 bridgehead atoms. The number of rotatable bonds is 5. The number of hydrogen-bond acceptors (Lipinski definition) is 2. The molecular formula is C13H16O3. The van der Waals surface area contributed by atoms with E-state index in [0.717, 1.165) is 5.56 Å². The van der Waals surface area contributed by atoms with E-state index in [1.165, 1.54) is 0 Å². The van der Waals surface area contributed by atoms with Crippen molar-refractivity contribution < 1.29 is 15.0 Å². The fourth-order valence-electron chi connectivity index (χ4n) is 1.55. The summed E-state index contributed by atoms with van der Waals surface area (Å²) in [4.78, 5) is 11.0. The maximum Gasteiger partial charge on any atom is 0.309 e. The Morgan fingerprint density at radius 2 is 1.94 bits per heavy atom. The normalized spacial score (nSPS) is 14.1. The van der Waals surface area contributed by atoms with Crippen molar-refractivity contribution in [2.45, 2.75) is 19.4 Å². The van der Waals surface area contributed by atoms with Crippen LogP contribution >= 0.6 is 0 Å². The molecule has 0 saturated heterocycles. The molecule has 0 aromatic heterocycles. The Hall–Kier alpha value is -1.61. The lowest BCUT2D eigenvalue weighted by molar-refractivity contribution is -0.144. The van der Waals surface area contributed by atoms with Gasteiger partial charge in [-0.2, -0.15) is 0 Å². The Kier molecular flexibility index (Phi) is 4.26. The van der Waals surface area contributed by atoms with Gasteiger partial charge in [-0.1, -0.05) is 42.5 Å². The number of aliphatic hydroxyl groups is 1. The van der Waals surface area contributed by atoms with Crippen LogP contribution in [0.4, 0.5) is 0 Å². The first-order valence-electron chi connectivity index (χ1n) is 5.12. The van der Waals surface area contributed by atoms with Crippen LogP contribution < -0.4 is 0 Å². The second-order valence-corrected chi connectivity index (χ2v) is 3.93. The molecule has 0 heterocycles. The summed E-state index contributed by atoms with van der Waals surface area (Å²) < 4.78 is 0. The topological polar surface area (TPSA) is 57.5 Å². The minimum Gasteiger partial charge on any atom is -0.481 e. The lowest BCUT2D eigenvalue weighted by atomic mass is 9.91. The van der Waals surface area contributed by atoms with Crippen LogP contribution in [0.5, 0.6) is 0 Å². The molecule has 3 heteroatoms. The molecule has 86 valence electrons. The summed E-state index contributed by atoms with van der Waals surface area (Å²) in [6, 6.07) is 9.26. The molecule has 1 aromatic rings. The zero-order chi connectivity index (χ0) is 12.1. The van der Waals surface area contributed by atoms with E-state index < -0.39 is 18.0 Å². The van der Waals surface area contributed by atoms with Crippen LogP contribution in [0.1, 0.15) is 12.5 Å². The molecule has 0 aliphatic carbocycles. The number of carboxylic acids is 1. The van der Waals surface area contributed by atoms with Crippen LogP contribution in [-0.4, -0.2) is 22.3 Å². The average molecular weight is 220 g/mol. The summed E-state index contributed by atoms with van der Waals surface area (Å²) in [6.07, 6.45) is -0.692. The average Bonchev–Trinajstić information content (AvgIpc) is 2.26. The van der Waals surface area contributed by atoms with E-state index in [1.807, 2.05) is 30.3 Å². The predicted molar refractivity (Wildman–Crippen MR) is 62.1 cm³/mol. The molecule has 0 fully saturated rings. The van der Waals surface area contributed by atoms with Crippen LogP contribution in [0.3, 0.4) is 0 Å². The van der Waals surface area contributed by atoms with E-state index in [0.29, 0.717) is 12.0 Å². The Bertz CT molecular complexity index is 370. The minimum absolute atomic E-state index is 0.310. The van der Waals surface area contributed by atoms with Gasteiger partial charge in [0.2, 0.25) is 0 Å². The highest BCUT2D eigenvalue weighted by molar-refractivity contribution is 5.71. The smallest absolute Gasteiger partial charge is 0.309 e. The van der Waals surface area contributed by atoms with E-state index >= 15 is 0 Å². The Labute approximate surface area is 95.0 Å². The maximum atomic E-state index is 11.0. The van der Waals surface area contributed by atoms with Crippen molar-refractivity contribution in [1.29, 1.82) is 0 Å². The zero-order valence-corrected chi connectivity index (χ0v) is 9.26. The third-order valence-electron chi connectivity index (χ3n) is 2.50. The van der Waals surface area contributed by atoms with Crippen LogP contribution in [0.25, 0.3) is 0 Å². The fourth-order valence-corrected chi connectivity index (χ4v) is 1.55. The SMILES string of the molecule is C=C(C)[C@H](O)[C@H](Cc1ccccc1)C(=O)O. The van der Waals surface area contributed by atoms with Gasteiger partial charge in [-0.15, -0.1) is 0 Å². The summed E-state index contributed by atoms with van der Waals surface area (Å²) in [7, 11) is 0. The molecule has 0 spiro atoms. The van der Waals surface area contributed by atoms with E-state index in [9.17, 15) is 9.90 Å². The molecule has 1 aromatic carbocycles. The highest BCUT2D eigenvalue weighted by atomic mass is 16.4. The predicted octanol–water partition coefficient (Wildman–Crippen LogP) is 1.87. The molecule has 0 radical (unpaired) electrons. The fraction of sp³-hybridized carbons (Fsp3) is 0.308. The van der Waals surface area contributed by atoms with Gasteiger partial charge in [0.25, 0.3) is 0 Å². The van der Waals surface area contributed by atoms with Gasteiger partial charge < -0.3 is 10.2 Å². The van der Waals surface area contributed by atoms with Gasteiger partial charge in [0.15, 0.2) is 0 Å². The van der Waals surface area contributed by atoms with Gasteiger partial charge in [0.1, 0.15) is 0 Å². The number of aliphatic carboxylic acids is 1. The van der Waals surface area contributed by atoms with Gasteiger partial charge >= 0.3 is 5.97 Å².